The Morgan fingerprint density at radius 2 is 2.00 bits per heavy atom. The summed E-state index contributed by atoms with van der Waals surface area (Å²) in [5.74, 6) is 0. The van der Waals surface area contributed by atoms with E-state index in [-0.39, 0.29) is 16.6 Å². The molecule has 1 aromatic rings. The van der Waals surface area contributed by atoms with Crippen LogP contribution in [0.15, 0.2) is 5.03 Å². The number of aromatic nitrogens is 2. The lowest BCUT2D eigenvalue weighted by atomic mass is 9.96. The van der Waals surface area contributed by atoms with Gasteiger partial charge in [-0.3, -0.25) is 0 Å². The molecule has 1 aliphatic rings. The van der Waals surface area contributed by atoms with Crippen molar-refractivity contribution in [3.05, 3.63) is 11.3 Å². The molecule has 1 aliphatic carbocycles. The van der Waals surface area contributed by atoms with Gasteiger partial charge < -0.3 is 0 Å². The highest BCUT2D eigenvalue weighted by Gasteiger charge is 2.28. The van der Waals surface area contributed by atoms with Crippen LogP contribution in [0, 0.1) is 18.3 Å². The van der Waals surface area contributed by atoms with Gasteiger partial charge in [-0.05, 0) is 19.8 Å². The third kappa shape index (κ3) is 2.26. The van der Waals surface area contributed by atoms with Crippen molar-refractivity contribution < 1.29 is 8.42 Å². The van der Waals surface area contributed by atoms with Crippen LogP contribution in [0.4, 0.5) is 0 Å². The SMILES string of the molecule is Cc1nn(C2CCCCC2)c(S(N)(=O)=O)c1C#N. The van der Waals surface area contributed by atoms with E-state index in [1.807, 2.05) is 6.07 Å². The van der Waals surface area contributed by atoms with Crippen LogP contribution >= 0.6 is 0 Å². The summed E-state index contributed by atoms with van der Waals surface area (Å²) < 4.78 is 24.8. The minimum Gasteiger partial charge on any atom is -0.248 e. The van der Waals surface area contributed by atoms with Gasteiger partial charge in [-0.2, -0.15) is 10.4 Å². The van der Waals surface area contributed by atoms with E-state index in [0.717, 1.165) is 32.1 Å². The Hall–Kier alpha value is -1.39. The molecule has 1 fully saturated rings. The predicted octanol–water partition coefficient (Wildman–Crippen LogP) is 1.22. The topological polar surface area (TPSA) is 102 Å². The zero-order valence-corrected chi connectivity index (χ0v) is 11.1. The molecule has 0 amide bonds. The van der Waals surface area contributed by atoms with E-state index >= 15 is 0 Å². The van der Waals surface area contributed by atoms with E-state index in [9.17, 15) is 8.42 Å². The number of nitriles is 1. The number of hydrogen-bond acceptors (Lipinski definition) is 4. The number of primary sulfonamides is 1. The van der Waals surface area contributed by atoms with Gasteiger partial charge in [-0.15, -0.1) is 0 Å². The average molecular weight is 268 g/mol. The minimum absolute atomic E-state index is 0.0351. The minimum atomic E-state index is -3.93. The summed E-state index contributed by atoms with van der Waals surface area (Å²) in [6, 6.07) is 1.92. The number of hydrogen-bond donors (Lipinski definition) is 1. The van der Waals surface area contributed by atoms with Crippen molar-refractivity contribution in [2.45, 2.75) is 50.1 Å². The highest BCUT2D eigenvalue weighted by Crippen LogP contribution is 2.31. The van der Waals surface area contributed by atoms with E-state index in [0.29, 0.717) is 5.69 Å². The summed E-state index contributed by atoms with van der Waals surface area (Å²) in [5, 5.41) is 18.3. The van der Waals surface area contributed by atoms with E-state index in [4.69, 9.17) is 10.4 Å². The first kappa shape index (κ1) is 13.1. The Kier molecular flexibility index (Phi) is 3.41. The normalized spacial score (nSPS) is 17.6. The fourth-order valence-corrected chi connectivity index (χ4v) is 3.43. The van der Waals surface area contributed by atoms with Gasteiger partial charge in [-0.25, -0.2) is 18.2 Å². The first-order valence-corrected chi connectivity index (χ1v) is 7.51. The maximum absolute atomic E-state index is 11.7. The molecule has 0 atom stereocenters. The largest absolute Gasteiger partial charge is 0.256 e. The number of nitrogens with zero attached hydrogens (tertiary/aromatic N) is 3. The smallest absolute Gasteiger partial charge is 0.248 e. The highest BCUT2D eigenvalue weighted by molar-refractivity contribution is 7.89. The molecule has 0 radical (unpaired) electrons. The molecule has 0 saturated heterocycles. The number of sulfonamides is 1. The molecule has 7 heteroatoms. The summed E-state index contributed by atoms with van der Waals surface area (Å²) in [4.78, 5) is 0. The van der Waals surface area contributed by atoms with Gasteiger partial charge in [0.25, 0.3) is 10.0 Å². The van der Waals surface area contributed by atoms with E-state index in [2.05, 4.69) is 5.10 Å². The second-order valence-electron chi connectivity index (χ2n) is 4.66. The van der Waals surface area contributed by atoms with Gasteiger partial charge >= 0.3 is 0 Å². The van der Waals surface area contributed by atoms with Crippen LogP contribution in [-0.4, -0.2) is 18.2 Å². The molecular formula is C11H16N4O2S. The molecular weight excluding hydrogens is 252 g/mol. The molecule has 18 heavy (non-hydrogen) atoms. The first-order chi connectivity index (χ1) is 8.45. The van der Waals surface area contributed by atoms with Crippen molar-refractivity contribution in [3.63, 3.8) is 0 Å². The van der Waals surface area contributed by atoms with Crippen molar-refractivity contribution in [3.8, 4) is 6.07 Å². The molecule has 0 unspecified atom stereocenters. The zero-order valence-electron chi connectivity index (χ0n) is 10.3. The lowest BCUT2D eigenvalue weighted by Crippen LogP contribution is -2.23. The Balaban J connectivity index is 2.57. The quantitative estimate of drug-likeness (QED) is 0.871. The Labute approximate surface area is 106 Å². The summed E-state index contributed by atoms with van der Waals surface area (Å²) >= 11 is 0. The monoisotopic (exact) mass is 268 g/mol. The molecule has 2 rings (SSSR count). The average Bonchev–Trinajstić information content (AvgIpc) is 2.67. The standard InChI is InChI=1S/C11H16N4O2S/c1-8-10(7-12)11(18(13,16)17)15(14-8)9-5-3-2-4-6-9/h9H,2-6H2,1H3,(H2,13,16,17). The van der Waals surface area contributed by atoms with Crippen molar-refractivity contribution in [2.24, 2.45) is 5.14 Å². The van der Waals surface area contributed by atoms with Gasteiger partial charge in [0.05, 0.1) is 11.7 Å². The van der Waals surface area contributed by atoms with Gasteiger partial charge in [0.2, 0.25) is 0 Å². The Morgan fingerprint density at radius 1 is 1.39 bits per heavy atom. The number of nitrogens with two attached hydrogens (primary N) is 1. The maximum atomic E-state index is 11.7. The summed E-state index contributed by atoms with van der Waals surface area (Å²) in [6.45, 7) is 1.63. The summed E-state index contributed by atoms with van der Waals surface area (Å²) in [5.41, 5.74) is 0.496. The molecule has 6 nitrogen and oxygen atoms in total. The summed E-state index contributed by atoms with van der Waals surface area (Å²) in [7, 11) is -3.93. The molecule has 0 aliphatic heterocycles. The van der Waals surface area contributed by atoms with Crippen LogP contribution < -0.4 is 5.14 Å². The van der Waals surface area contributed by atoms with Crippen molar-refractivity contribution in [1.29, 1.82) is 5.26 Å². The maximum Gasteiger partial charge on any atom is 0.256 e. The molecule has 0 bridgehead atoms. The Morgan fingerprint density at radius 3 is 2.50 bits per heavy atom. The third-order valence-corrected chi connectivity index (χ3v) is 4.27. The summed E-state index contributed by atoms with van der Waals surface area (Å²) in [6.07, 6.45) is 5.03. The lowest BCUT2D eigenvalue weighted by molar-refractivity contribution is 0.310. The van der Waals surface area contributed by atoms with Crippen LogP contribution in [-0.2, 0) is 10.0 Å². The fourth-order valence-electron chi connectivity index (χ4n) is 2.50. The zero-order chi connectivity index (χ0) is 13.3. The van der Waals surface area contributed by atoms with Gasteiger partial charge in [-0.1, -0.05) is 19.3 Å². The van der Waals surface area contributed by atoms with E-state index in [1.165, 1.54) is 4.68 Å². The first-order valence-electron chi connectivity index (χ1n) is 5.97. The van der Waals surface area contributed by atoms with Crippen LogP contribution in [0.3, 0.4) is 0 Å². The molecule has 98 valence electrons. The highest BCUT2D eigenvalue weighted by atomic mass is 32.2. The second kappa shape index (κ2) is 4.71. The molecule has 2 N–H and O–H groups in total. The van der Waals surface area contributed by atoms with Gasteiger partial charge in [0, 0.05) is 0 Å². The van der Waals surface area contributed by atoms with Crippen molar-refractivity contribution >= 4 is 10.0 Å². The van der Waals surface area contributed by atoms with E-state index < -0.39 is 10.0 Å². The van der Waals surface area contributed by atoms with Crippen LogP contribution in [0.1, 0.15) is 49.4 Å². The van der Waals surface area contributed by atoms with Crippen LogP contribution in [0.5, 0.6) is 0 Å². The second-order valence-corrected chi connectivity index (χ2v) is 6.14. The van der Waals surface area contributed by atoms with Crippen LogP contribution in [0.2, 0.25) is 0 Å². The fraction of sp³-hybridized carbons (Fsp3) is 0.636. The lowest BCUT2D eigenvalue weighted by Gasteiger charge is -2.23. The molecule has 1 saturated carbocycles. The van der Waals surface area contributed by atoms with Gasteiger partial charge in [0.15, 0.2) is 5.03 Å². The molecule has 0 spiro atoms. The Bertz CT molecular complexity index is 591. The van der Waals surface area contributed by atoms with E-state index in [1.54, 1.807) is 6.92 Å². The van der Waals surface area contributed by atoms with Crippen molar-refractivity contribution in [1.82, 2.24) is 9.78 Å². The predicted molar refractivity (Wildman–Crippen MR) is 65.2 cm³/mol. The van der Waals surface area contributed by atoms with Gasteiger partial charge in [0.1, 0.15) is 11.6 Å². The van der Waals surface area contributed by atoms with Crippen molar-refractivity contribution in [2.75, 3.05) is 0 Å². The third-order valence-electron chi connectivity index (χ3n) is 3.34. The number of rotatable bonds is 2. The van der Waals surface area contributed by atoms with Crippen LogP contribution in [0.25, 0.3) is 0 Å². The number of aryl methyl sites for hydroxylation is 1. The molecule has 0 aromatic carbocycles. The molecule has 1 heterocycles. The molecule has 1 aromatic heterocycles.